The van der Waals surface area contributed by atoms with E-state index in [9.17, 15) is 40.5 Å². The predicted octanol–water partition coefficient (Wildman–Crippen LogP) is 5.66. The van der Waals surface area contributed by atoms with Gasteiger partial charge in [0.2, 0.25) is 0 Å². The van der Waals surface area contributed by atoms with Crippen LogP contribution >= 0.6 is 0 Å². The van der Waals surface area contributed by atoms with E-state index in [1.807, 2.05) is 70.5 Å². The maximum Gasteiger partial charge on any atom is 0.299 e. The topological polar surface area (TPSA) is 186 Å². The van der Waals surface area contributed by atoms with Crippen molar-refractivity contribution in [2.45, 2.75) is 0 Å². The summed E-state index contributed by atoms with van der Waals surface area (Å²) in [6.45, 7) is 5.41. The van der Waals surface area contributed by atoms with Gasteiger partial charge < -0.3 is 19.6 Å². The third kappa shape index (κ3) is 7.72. The van der Waals surface area contributed by atoms with Crippen LogP contribution in [-0.4, -0.2) is 72.1 Å². The van der Waals surface area contributed by atoms with E-state index in [1.165, 1.54) is 24.3 Å². The third-order valence-corrected chi connectivity index (χ3v) is 8.22. The fourth-order valence-electron chi connectivity index (χ4n) is 5.77. The van der Waals surface area contributed by atoms with Gasteiger partial charge in [0.05, 0.1) is 31.8 Å². The predicted molar refractivity (Wildman–Crippen MR) is 181 cm³/mol. The number of piperazine rings is 2. The maximum atomic E-state index is 11.3. The number of hydrogen-bond donors (Lipinski definition) is 0. The van der Waals surface area contributed by atoms with Crippen molar-refractivity contribution >= 4 is 45.5 Å². The van der Waals surface area contributed by atoms with Crippen molar-refractivity contribution in [3.63, 3.8) is 0 Å². The van der Waals surface area contributed by atoms with Crippen LogP contribution < -0.4 is 19.6 Å². The van der Waals surface area contributed by atoms with Crippen LogP contribution in [0.15, 0.2) is 97.1 Å². The summed E-state index contributed by atoms with van der Waals surface area (Å²) in [6.07, 6.45) is 0. The van der Waals surface area contributed by atoms with Gasteiger partial charge in [-0.1, -0.05) is 36.4 Å². The molecule has 0 unspecified atom stereocenters. The fourth-order valence-corrected chi connectivity index (χ4v) is 5.77. The van der Waals surface area contributed by atoms with Gasteiger partial charge in [-0.05, 0) is 36.4 Å². The molecule has 0 bridgehead atoms. The van der Waals surface area contributed by atoms with Gasteiger partial charge in [-0.25, -0.2) is 0 Å². The Bertz CT molecular complexity index is 1650. The van der Waals surface area contributed by atoms with Crippen LogP contribution in [0.5, 0.6) is 0 Å². The summed E-state index contributed by atoms with van der Waals surface area (Å²) in [4.78, 5) is 50.1. The molecule has 0 spiro atoms. The smallest absolute Gasteiger partial charge is 0.299 e. The van der Waals surface area contributed by atoms with Gasteiger partial charge in [0.1, 0.15) is 11.4 Å². The highest BCUT2D eigenvalue weighted by Gasteiger charge is 2.28. The quantitative estimate of drug-likeness (QED) is 0.168. The summed E-state index contributed by atoms with van der Waals surface area (Å²) in [5.41, 5.74) is 2.11. The molecule has 2 aliphatic heterocycles. The lowest BCUT2D eigenvalue weighted by molar-refractivity contribution is -0.394. The van der Waals surface area contributed by atoms with Crippen LogP contribution in [-0.2, 0) is 0 Å². The molecular weight excluding hydrogens is 624 g/mol. The summed E-state index contributed by atoms with van der Waals surface area (Å²) in [7, 11) is 0. The van der Waals surface area contributed by atoms with E-state index in [-0.39, 0.29) is 22.7 Å². The van der Waals surface area contributed by atoms with E-state index >= 15 is 0 Å². The normalized spacial score (nSPS) is 14.5. The summed E-state index contributed by atoms with van der Waals surface area (Å²) in [5.74, 6) is 0. The first-order chi connectivity index (χ1) is 23.1. The van der Waals surface area contributed by atoms with Gasteiger partial charge in [-0.15, -0.1) is 0 Å². The zero-order chi connectivity index (χ0) is 34.2. The first-order valence-corrected chi connectivity index (χ1v) is 15.1. The summed E-state index contributed by atoms with van der Waals surface area (Å²) < 4.78 is 0. The highest BCUT2D eigenvalue weighted by Crippen LogP contribution is 2.34. The average molecular weight is 657 g/mol. The Morgan fingerprint density at radius 3 is 1.00 bits per heavy atom. The molecule has 0 radical (unpaired) electrons. The first-order valence-electron chi connectivity index (χ1n) is 15.1. The van der Waals surface area contributed by atoms with Gasteiger partial charge in [0.15, 0.2) is 0 Å². The van der Waals surface area contributed by atoms with Crippen LogP contribution in [0.4, 0.5) is 45.5 Å². The monoisotopic (exact) mass is 656 g/mol. The molecule has 2 aliphatic rings. The minimum absolute atomic E-state index is 0.225. The molecule has 4 aromatic carbocycles. The van der Waals surface area contributed by atoms with E-state index in [1.54, 1.807) is 0 Å². The molecule has 0 aromatic heterocycles. The molecule has 0 atom stereocenters. The second-order valence-electron chi connectivity index (χ2n) is 11.0. The Morgan fingerprint density at radius 2 is 0.708 bits per heavy atom. The number of nitro groups is 4. The molecule has 2 saturated heterocycles. The molecule has 48 heavy (non-hydrogen) atoms. The van der Waals surface area contributed by atoms with E-state index in [4.69, 9.17) is 0 Å². The number of anilines is 4. The Morgan fingerprint density at radius 1 is 0.396 bits per heavy atom. The molecule has 16 heteroatoms. The maximum absolute atomic E-state index is 11.3. The molecule has 0 N–H and O–H groups in total. The van der Waals surface area contributed by atoms with Crippen LogP contribution in [0.1, 0.15) is 0 Å². The highest BCUT2D eigenvalue weighted by molar-refractivity contribution is 5.68. The number of nitrogens with zero attached hydrogens (tertiary/aromatic N) is 8. The zero-order valence-corrected chi connectivity index (χ0v) is 25.7. The van der Waals surface area contributed by atoms with Crippen molar-refractivity contribution < 1.29 is 19.7 Å². The van der Waals surface area contributed by atoms with Crippen molar-refractivity contribution in [2.75, 3.05) is 72.0 Å². The SMILES string of the molecule is O=[N+]([O-])c1ccc(N2CCN(c3ccccc3)CC2)c([N+](=O)[O-])c1.O=[N+]([O-])c1ccc(N2CCN(c3ccccc3)CC2)c([N+](=O)[O-])c1. The number of nitro benzene ring substituents is 4. The third-order valence-electron chi connectivity index (χ3n) is 8.22. The van der Waals surface area contributed by atoms with Crippen LogP contribution in [0.2, 0.25) is 0 Å². The molecule has 16 nitrogen and oxygen atoms in total. The Balaban J connectivity index is 0.000000188. The van der Waals surface area contributed by atoms with Gasteiger partial charge in [-0.3, -0.25) is 40.5 Å². The van der Waals surface area contributed by atoms with Crippen LogP contribution in [0, 0.1) is 40.5 Å². The summed E-state index contributed by atoms with van der Waals surface area (Å²) in [6, 6.07) is 27.6. The van der Waals surface area contributed by atoms with Crippen molar-refractivity contribution in [1.82, 2.24) is 0 Å². The largest absolute Gasteiger partial charge is 0.368 e. The van der Waals surface area contributed by atoms with Gasteiger partial charge in [-0.2, -0.15) is 0 Å². The molecule has 0 aliphatic carbocycles. The van der Waals surface area contributed by atoms with Crippen LogP contribution in [0.3, 0.4) is 0 Å². The number of hydrogen-bond acceptors (Lipinski definition) is 12. The van der Waals surface area contributed by atoms with E-state index in [2.05, 4.69) is 9.80 Å². The minimum atomic E-state index is -0.621. The lowest BCUT2D eigenvalue weighted by Gasteiger charge is -2.37. The van der Waals surface area contributed by atoms with Gasteiger partial charge >= 0.3 is 0 Å². The van der Waals surface area contributed by atoms with Crippen LogP contribution in [0.25, 0.3) is 0 Å². The first kappa shape index (κ1) is 33.1. The zero-order valence-electron chi connectivity index (χ0n) is 25.7. The van der Waals surface area contributed by atoms with Gasteiger partial charge in [0, 0.05) is 75.9 Å². The molecular formula is C32H32N8O8. The number of rotatable bonds is 8. The molecule has 4 aromatic rings. The molecule has 0 saturated carbocycles. The lowest BCUT2D eigenvalue weighted by atomic mass is 10.2. The number of para-hydroxylation sites is 2. The molecule has 6 rings (SSSR count). The van der Waals surface area contributed by atoms with Crippen molar-refractivity contribution in [3.8, 4) is 0 Å². The van der Waals surface area contributed by atoms with Crippen molar-refractivity contribution in [3.05, 3.63) is 138 Å². The lowest BCUT2D eigenvalue weighted by Crippen LogP contribution is -2.46. The van der Waals surface area contributed by atoms with E-state index < -0.39 is 19.7 Å². The molecule has 2 heterocycles. The van der Waals surface area contributed by atoms with Gasteiger partial charge in [0.25, 0.3) is 22.7 Å². The highest BCUT2D eigenvalue weighted by atomic mass is 16.6. The minimum Gasteiger partial charge on any atom is -0.368 e. The summed E-state index contributed by atoms with van der Waals surface area (Å²) in [5, 5.41) is 44.2. The number of non-ortho nitro benzene ring substituents is 2. The van der Waals surface area contributed by atoms with Crippen molar-refractivity contribution in [2.24, 2.45) is 0 Å². The Hall–Kier alpha value is -6.32. The second kappa shape index (κ2) is 14.8. The van der Waals surface area contributed by atoms with E-state index in [0.717, 1.165) is 49.7 Å². The average Bonchev–Trinajstić information content (AvgIpc) is 3.12. The molecule has 248 valence electrons. The molecule has 0 amide bonds. The fraction of sp³-hybridized carbons (Fsp3) is 0.250. The standard InChI is InChI=1S/2C16H16N4O4/c2*21-19(22)14-6-7-15(16(12-14)20(23)24)18-10-8-17(9-11-18)13-4-2-1-3-5-13/h2*1-7,12H,8-11H2. The Labute approximate surface area is 274 Å². The summed E-state index contributed by atoms with van der Waals surface area (Å²) >= 11 is 0. The van der Waals surface area contributed by atoms with Crippen molar-refractivity contribution in [1.29, 1.82) is 0 Å². The van der Waals surface area contributed by atoms with E-state index in [0.29, 0.717) is 37.6 Å². The number of benzene rings is 4. The second-order valence-corrected chi connectivity index (χ2v) is 11.0. The Kier molecular flexibility index (Phi) is 10.2. The molecule has 2 fully saturated rings.